The number of nitrogens with two attached hydrogens (primary N) is 1. The van der Waals surface area contributed by atoms with Crippen LogP contribution >= 0.6 is 0 Å². The van der Waals surface area contributed by atoms with Crippen LogP contribution in [-0.2, 0) is 0 Å². The monoisotopic (exact) mass is 324 g/mol. The van der Waals surface area contributed by atoms with E-state index in [-0.39, 0.29) is 0 Å². The first-order valence-electron chi connectivity index (χ1n) is 8.03. The van der Waals surface area contributed by atoms with Crippen LogP contribution in [0.15, 0.2) is 84.9 Å². The number of anilines is 1. The van der Waals surface area contributed by atoms with Gasteiger partial charge in [0.1, 0.15) is 11.4 Å². The van der Waals surface area contributed by atoms with Crippen LogP contribution in [0.3, 0.4) is 0 Å². The van der Waals surface area contributed by atoms with Gasteiger partial charge in [-0.1, -0.05) is 60.7 Å². The van der Waals surface area contributed by atoms with Gasteiger partial charge in [0.15, 0.2) is 5.82 Å². The molecule has 4 aromatic rings. The second kappa shape index (κ2) is 6.53. The van der Waals surface area contributed by atoms with Gasteiger partial charge in [-0.15, -0.1) is 10.2 Å². The molecule has 1 heterocycles. The summed E-state index contributed by atoms with van der Waals surface area (Å²) in [5, 5.41) is 8.82. The van der Waals surface area contributed by atoms with Crippen molar-refractivity contribution in [3.8, 4) is 33.9 Å². The van der Waals surface area contributed by atoms with Gasteiger partial charge in [-0.3, -0.25) is 0 Å². The van der Waals surface area contributed by atoms with E-state index in [1.54, 1.807) is 0 Å². The summed E-state index contributed by atoms with van der Waals surface area (Å²) in [6.07, 6.45) is 0. The fraction of sp³-hybridized carbons (Fsp3) is 0. The molecule has 0 aliphatic heterocycles. The normalized spacial score (nSPS) is 10.6. The van der Waals surface area contributed by atoms with E-state index in [4.69, 9.17) is 10.7 Å². The van der Waals surface area contributed by atoms with Gasteiger partial charge in [0.25, 0.3) is 0 Å². The highest BCUT2D eigenvalue weighted by molar-refractivity contribution is 5.78. The van der Waals surface area contributed by atoms with E-state index in [0.29, 0.717) is 11.5 Å². The molecular weight excluding hydrogens is 308 g/mol. The molecule has 120 valence electrons. The molecule has 4 rings (SSSR count). The fourth-order valence-electron chi connectivity index (χ4n) is 2.67. The molecule has 1 aromatic heterocycles. The molecule has 0 saturated heterocycles. The summed E-state index contributed by atoms with van der Waals surface area (Å²) in [6.45, 7) is 0. The Labute approximate surface area is 146 Å². The van der Waals surface area contributed by atoms with E-state index in [1.165, 1.54) is 0 Å². The van der Waals surface area contributed by atoms with E-state index in [1.807, 2.05) is 84.9 Å². The van der Waals surface area contributed by atoms with Crippen molar-refractivity contribution in [1.29, 1.82) is 0 Å². The Morgan fingerprint density at radius 2 is 1.08 bits per heavy atom. The third-order valence-electron chi connectivity index (χ3n) is 3.95. The lowest BCUT2D eigenvalue weighted by Gasteiger charge is -2.10. The number of nitrogens with zero attached hydrogens (tertiary/aromatic N) is 3. The number of hydrogen-bond acceptors (Lipinski definition) is 4. The number of aromatic nitrogens is 3. The molecule has 0 bridgehead atoms. The van der Waals surface area contributed by atoms with Gasteiger partial charge in [0, 0.05) is 22.4 Å². The zero-order valence-corrected chi connectivity index (χ0v) is 13.5. The average Bonchev–Trinajstić information content (AvgIpc) is 2.69. The van der Waals surface area contributed by atoms with E-state index in [0.717, 1.165) is 28.1 Å². The third kappa shape index (κ3) is 3.10. The molecule has 0 amide bonds. The number of rotatable bonds is 3. The lowest BCUT2D eigenvalue weighted by Crippen LogP contribution is -2.00. The van der Waals surface area contributed by atoms with Crippen LogP contribution in [0.25, 0.3) is 33.9 Å². The largest absolute Gasteiger partial charge is 0.399 e. The van der Waals surface area contributed by atoms with Gasteiger partial charge < -0.3 is 5.73 Å². The number of benzene rings is 3. The van der Waals surface area contributed by atoms with Crippen molar-refractivity contribution in [1.82, 2.24) is 15.2 Å². The number of nitrogen functional groups attached to an aromatic ring is 1. The third-order valence-corrected chi connectivity index (χ3v) is 3.95. The highest BCUT2D eigenvalue weighted by Gasteiger charge is 2.14. The van der Waals surface area contributed by atoms with Gasteiger partial charge >= 0.3 is 0 Å². The molecule has 4 heteroatoms. The molecule has 0 unspecified atom stereocenters. The summed E-state index contributed by atoms with van der Waals surface area (Å²) in [6, 6.07) is 27.5. The zero-order chi connectivity index (χ0) is 17.1. The van der Waals surface area contributed by atoms with Crippen LogP contribution in [0.4, 0.5) is 5.69 Å². The Morgan fingerprint density at radius 1 is 0.520 bits per heavy atom. The first kappa shape index (κ1) is 15.0. The molecule has 25 heavy (non-hydrogen) atoms. The molecule has 0 spiro atoms. The maximum Gasteiger partial charge on any atom is 0.182 e. The lowest BCUT2D eigenvalue weighted by molar-refractivity contribution is 0.992. The molecule has 0 aliphatic carbocycles. The quantitative estimate of drug-likeness (QED) is 0.565. The molecule has 0 aliphatic rings. The topological polar surface area (TPSA) is 64.7 Å². The summed E-state index contributed by atoms with van der Waals surface area (Å²) < 4.78 is 0. The van der Waals surface area contributed by atoms with Crippen molar-refractivity contribution >= 4 is 5.69 Å². The maximum atomic E-state index is 5.77. The van der Waals surface area contributed by atoms with E-state index >= 15 is 0 Å². The van der Waals surface area contributed by atoms with Crippen LogP contribution in [-0.4, -0.2) is 15.2 Å². The standard InChI is InChI=1S/C21H16N4/c22-18-13-11-17(12-14-18)21-23-19(15-7-3-1-4-8-15)20(24-25-21)16-9-5-2-6-10-16/h1-14H,22H2. The van der Waals surface area contributed by atoms with E-state index in [9.17, 15) is 0 Å². The van der Waals surface area contributed by atoms with E-state index < -0.39 is 0 Å². The van der Waals surface area contributed by atoms with Gasteiger partial charge in [-0.25, -0.2) is 4.98 Å². The predicted molar refractivity (Wildman–Crippen MR) is 101 cm³/mol. The van der Waals surface area contributed by atoms with Gasteiger partial charge in [0.2, 0.25) is 0 Å². The summed E-state index contributed by atoms with van der Waals surface area (Å²) in [5.74, 6) is 0.582. The molecule has 3 aromatic carbocycles. The van der Waals surface area contributed by atoms with E-state index in [2.05, 4.69) is 10.2 Å². The van der Waals surface area contributed by atoms with Crippen LogP contribution in [0.1, 0.15) is 0 Å². The minimum Gasteiger partial charge on any atom is -0.399 e. The predicted octanol–water partition coefficient (Wildman–Crippen LogP) is 4.45. The zero-order valence-electron chi connectivity index (χ0n) is 13.5. The highest BCUT2D eigenvalue weighted by atomic mass is 15.2. The average molecular weight is 324 g/mol. The van der Waals surface area contributed by atoms with Crippen molar-refractivity contribution in [2.24, 2.45) is 0 Å². The summed E-state index contributed by atoms with van der Waals surface area (Å²) in [4.78, 5) is 4.80. The lowest BCUT2D eigenvalue weighted by atomic mass is 10.0. The van der Waals surface area contributed by atoms with Crippen molar-refractivity contribution < 1.29 is 0 Å². The summed E-state index contributed by atoms with van der Waals surface area (Å²) in [5.41, 5.74) is 10.9. The van der Waals surface area contributed by atoms with Crippen molar-refractivity contribution in [3.63, 3.8) is 0 Å². The Hall–Kier alpha value is -3.53. The highest BCUT2D eigenvalue weighted by Crippen LogP contribution is 2.29. The van der Waals surface area contributed by atoms with Gasteiger partial charge in [-0.2, -0.15) is 0 Å². The molecule has 0 saturated carbocycles. The van der Waals surface area contributed by atoms with Crippen molar-refractivity contribution in [2.45, 2.75) is 0 Å². The van der Waals surface area contributed by atoms with Crippen molar-refractivity contribution in [2.75, 3.05) is 5.73 Å². The Balaban J connectivity index is 1.90. The SMILES string of the molecule is Nc1ccc(-c2nnc(-c3ccccc3)c(-c3ccccc3)n2)cc1. The first-order chi connectivity index (χ1) is 12.3. The smallest absolute Gasteiger partial charge is 0.182 e. The van der Waals surface area contributed by atoms with Gasteiger partial charge in [0.05, 0.1) is 0 Å². The molecule has 0 fully saturated rings. The Kier molecular flexibility index (Phi) is 3.92. The minimum atomic E-state index is 0.582. The first-order valence-corrected chi connectivity index (χ1v) is 8.03. The van der Waals surface area contributed by atoms with Gasteiger partial charge in [-0.05, 0) is 24.3 Å². The maximum absolute atomic E-state index is 5.77. The molecule has 0 radical (unpaired) electrons. The Morgan fingerprint density at radius 3 is 1.68 bits per heavy atom. The molecule has 4 nitrogen and oxygen atoms in total. The Bertz CT molecular complexity index is 981. The molecular formula is C21H16N4. The van der Waals surface area contributed by atoms with Crippen LogP contribution in [0.5, 0.6) is 0 Å². The fourth-order valence-corrected chi connectivity index (χ4v) is 2.67. The van der Waals surface area contributed by atoms with Crippen LogP contribution in [0, 0.1) is 0 Å². The summed E-state index contributed by atoms with van der Waals surface area (Å²) in [7, 11) is 0. The van der Waals surface area contributed by atoms with Crippen molar-refractivity contribution in [3.05, 3.63) is 84.9 Å². The second-order valence-corrected chi connectivity index (χ2v) is 5.69. The van der Waals surface area contributed by atoms with Crippen LogP contribution in [0.2, 0.25) is 0 Å². The van der Waals surface area contributed by atoms with Crippen LogP contribution < -0.4 is 5.73 Å². The molecule has 0 atom stereocenters. The summed E-state index contributed by atoms with van der Waals surface area (Å²) >= 11 is 0. The molecule has 2 N–H and O–H groups in total. The minimum absolute atomic E-state index is 0.582. The second-order valence-electron chi connectivity index (χ2n) is 5.69. The number of hydrogen-bond donors (Lipinski definition) is 1.